The lowest BCUT2D eigenvalue weighted by atomic mass is 10.0. The van der Waals surface area contributed by atoms with Gasteiger partial charge in [-0.3, -0.25) is 4.90 Å². The van der Waals surface area contributed by atoms with Gasteiger partial charge in [0.1, 0.15) is 12.5 Å². The second-order valence-corrected chi connectivity index (χ2v) is 6.14. The van der Waals surface area contributed by atoms with Gasteiger partial charge in [-0.15, -0.1) is 0 Å². The molecule has 4 heteroatoms. The second kappa shape index (κ2) is 8.73. The van der Waals surface area contributed by atoms with Crippen molar-refractivity contribution in [1.29, 1.82) is 0 Å². The van der Waals surface area contributed by atoms with Crippen LogP contribution in [-0.2, 0) is 22.5 Å². The van der Waals surface area contributed by atoms with Gasteiger partial charge in [0, 0.05) is 24.2 Å². The topological polar surface area (TPSA) is 38.8 Å². The zero-order valence-corrected chi connectivity index (χ0v) is 14.3. The second-order valence-electron chi connectivity index (χ2n) is 6.14. The zero-order valence-electron chi connectivity index (χ0n) is 14.3. The van der Waals surface area contributed by atoms with E-state index in [1.165, 1.54) is 24.0 Å². The first-order valence-corrected chi connectivity index (χ1v) is 8.39. The molecule has 0 radical (unpaired) electrons. The Morgan fingerprint density at radius 3 is 2.96 bits per heavy atom. The predicted octanol–water partition coefficient (Wildman–Crippen LogP) is 3.69. The maximum absolute atomic E-state index is 11.3. The van der Waals surface area contributed by atoms with Crippen molar-refractivity contribution in [2.75, 3.05) is 19.9 Å². The third kappa shape index (κ3) is 5.39. The molecule has 1 aromatic carbocycles. The Kier molecular flexibility index (Phi) is 6.66. The van der Waals surface area contributed by atoms with Crippen molar-refractivity contribution in [2.24, 2.45) is 0 Å². The summed E-state index contributed by atoms with van der Waals surface area (Å²) in [7, 11) is 0. The molecule has 126 valence electrons. The van der Waals surface area contributed by atoms with E-state index in [1.807, 2.05) is 0 Å². The lowest BCUT2D eigenvalue weighted by molar-refractivity contribution is -0.139. The van der Waals surface area contributed by atoms with Crippen LogP contribution >= 0.6 is 0 Å². The fraction of sp³-hybridized carbons (Fsp3) is 0.526. The fourth-order valence-corrected chi connectivity index (χ4v) is 2.60. The molecule has 1 aromatic rings. The van der Waals surface area contributed by atoms with Crippen molar-refractivity contribution < 1.29 is 14.3 Å². The number of carbonyl (C=O) groups excluding carboxylic acids is 1. The maximum atomic E-state index is 11.3. The highest BCUT2D eigenvalue weighted by atomic mass is 16.5. The molecule has 0 unspecified atom stereocenters. The third-order valence-corrected chi connectivity index (χ3v) is 3.94. The Morgan fingerprint density at radius 1 is 1.39 bits per heavy atom. The van der Waals surface area contributed by atoms with Gasteiger partial charge in [-0.2, -0.15) is 0 Å². The normalized spacial score (nSPS) is 14.0. The highest BCUT2D eigenvalue weighted by molar-refractivity contribution is 5.86. The minimum atomic E-state index is -0.314. The monoisotopic (exact) mass is 317 g/mol. The first-order valence-electron chi connectivity index (χ1n) is 8.39. The molecule has 4 nitrogen and oxygen atoms in total. The molecule has 2 rings (SSSR count). The van der Waals surface area contributed by atoms with Gasteiger partial charge in [-0.1, -0.05) is 32.1 Å². The van der Waals surface area contributed by atoms with Crippen LogP contribution in [0.25, 0.3) is 0 Å². The molecule has 0 amide bonds. The van der Waals surface area contributed by atoms with Crippen molar-refractivity contribution in [1.82, 2.24) is 4.90 Å². The van der Waals surface area contributed by atoms with E-state index in [-0.39, 0.29) is 5.97 Å². The maximum Gasteiger partial charge on any atom is 0.333 e. The Labute approximate surface area is 139 Å². The molecule has 1 aliphatic rings. The number of esters is 1. The standard InChI is InChI=1S/C19H27NO3/c1-4-5-7-16-8-9-18-17(12-16)13-20(14-23-18)10-6-11-22-19(21)15(2)3/h8-9,12H,2,4-7,10-11,13-14H2,1,3H3. The summed E-state index contributed by atoms with van der Waals surface area (Å²) in [5.74, 6) is 0.681. The van der Waals surface area contributed by atoms with E-state index in [0.717, 1.165) is 31.7 Å². The first-order chi connectivity index (χ1) is 11.1. The molecule has 0 saturated carbocycles. The molecule has 0 fully saturated rings. The number of rotatable bonds is 8. The molecule has 1 aliphatic heterocycles. The molecule has 23 heavy (non-hydrogen) atoms. The van der Waals surface area contributed by atoms with Crippen molar-refractivity contribution in [3.8, 4) is 5.75 Å². The number of aryl methyl sites for hydroxylation is 1. The lowest BCUT2D eigenvalue weighted by Gasteiger charge is -2.29. The number of nitrogens with zero attached hydrogens (tertiary/aromatic N) is 1. The van der Waals surface area contributed by atoms with Crippen molar-refractivity contribution in [3.05, 3.63) is 41.5 Å². The summed E-state index contributed by atoms with van der Waals surface area (Å²) < 4.78 is 10.9. The van der Waals surface area contributed by atoms with Crippen LogP contribution in [-0.4, -0.2) is 30.8 Å². The van der Waals surface area contributed by atoms with Gasteiger partial charge in [-0.05, 0) is 37.8 Å². The molecule has 0 bridgehead atoms. The van der Waals surface area contributed by atoms with Crippen molar-refractivity contribution in [3.63, 3.8) is 0 Å². The van der Waals surface area contributed by atoms with E-state index in [4.69, 9.17) is 9.47 Å². The molecule has 0 saturated heterocycles. The highest BCUT2D eigenvalue weighted by Gasteiger charge is 2.17. The van der Waals surface area contributed by atoms with Gasteiger partial charge in [-0.25, -0.2) is 4.79 Å². The zero-order chi connectivity index (χ0) is 16.7. The number of carbonyl (C=O) groups is 1. The average Bonchev–Trinajstić information content (AvgIpc) is 2.56. The van der Waals surface area contributed by atoms with Crippen LogP contribution in [0, 0.1) is 0 Å². The number of benzene rings is 1. The van der Waals surface area contributed by atoms with Gasteiger partial charge in [0.25, 0.3) is 0 Å². The highest BCUT2D eigenvalue weighted by Crippen LogP contribution is 2.26. The first kappa shape index (κ1) is 17.5. The SMILES string of the molecule is C=C(C)C(=O)OCCCN1COc2ccc(CCCC)cc2C1. The van der Waals surface area contributed by atoms with Gasteiger partial charge in [0.15, 0.2) is 0 Å². The van der Waals surface area contributed by atoms with Crippen LogP contribution < -0.4 is 4.74 Å². The number of fused-ring (bicyclic) bond motifs is 1. The number of ether oxygens (including phenoxy) is 2. The summed E-state index contributed by atoms with van der Waals surface area (Å²) in [6, 6.07) is 6.52. The minimum absolute atomic E-state index is 0.314. The number of unbranched alkanes of at least 4 members (excludes halogenated alkanes) is 1. The van der Waals surface area contributed by atoms with Gasteiger partial charge < -0.3 is 9.47 Å². The summed E-state index contributed by atoms with van der Waals surface area (Å²) in [6.07, 6.45) is 4.36. The summed E-state index contributed by atoms with van der Waals surface area (Å²) in [6.45, 7) is 10.2. The quantitative estimate of drug-likeness (QED) is 0.416. The predicted molar refractivity (Wildman–Crippen MR) is 91.3 cm³/mol. The number of hydrogen-bond acceptors (Lipinski definition) is 4. The Morgan fingerprint density at radius 2 is 2.22 bits per heavy atom. The Hall–Kier alpha value is -1.81. The average molecular weight is 317 g/mol. The van der Waals surface area contributed by atoms with E-state index < -0.39 is 0 Å². The van der Waals surface area contributed by atoms with E-state index >= 15 is 0 Å². The molecule has 0 spiro atoms. The molecule has 0 N–H and O–H groups in total. The number of hydrogen-bond donors (Lipinski definition) is 0. The fourth-order valence-electron chi connectivity index (χ4n) is 2.60. The molecule has 0 aliphatic carbocycles. The van der Waals surface area contributed by atoms with Crippen LogP contribution in [0.3, 0.4) is 0 Å². The van der Waals surface area contributed by atoms with Crippen LogP contribution in [0.2, 0.25) is 0 Å². The van der Waals surface area contributed by atoms with Gasteiger partial charge in [0.2, 0.25) is 0 Å². The van der Waals surface area contributed by atoms with E-state index in [9.17, 15) is 4.79 Å². The summed E-state index contributed by atoms with van der Waals surface area (Å²) in [5.41, 5.74) is 3.08. The van der Waals surface area contributed by atoms with Crippen molar-refractivity contribution in [2.45, 2.75) is 46.1 Å². The van der Waals surface area contributed by atoms with E-state index in [1.54, 1.807) is 6.92 Å². The van der Waals surface area contributed by atoms with Crippen LogP contribution in [0.15, 0.2) is 30.4 Å². The van der Waals surface area contributed by atoms with E-state index in [2.05, 4.69) is 36.6 Å². The molecular formula is C19H27NO3. The molecule has 1 heterocycles. The Bertz CT molecular complexity index is 554. The van der Waals surface area contributed by atoms with Crippen LogP contribution in [0.4, 0.5) is 0 Å². The Balaban J connectivity index is 1.80. The summed E-state index contributed by atoms with van der Waals surface area (Å²) in [4.78, 5) is 13.6. The van der Waals surface area contributed by atoms with Crippen LogP contribution in [0.1, 0.15) is 44.2 Å². The molecule has 0 aromatic heterocycles. The smallest absolute Gasteiger partial charge is 0.333 e. The molecule has 0 atom stereocenters. The van der Waals surface area contributed by atoms with Gasteiger partial charge >= 0.3 is 5.97 Å². The lowest BCUT2D eigenvalue weighted by Crippen LogP contribution is -2.33. The summed E-state index contributed by atoms with van der Waals surface area (Å²) >= 11 is 0. The minimum Gasteiger partial charge on any atom is -0.478 e. The van der Waals surface area contributed by atoms with Gasteiger partial charge in [0.05, 0.1) is 6.61 Å². The summed E-state index contributed by atoms with van der Waals surface area (Å²) in [5, 5.41) is 0. The van der Waals surface area contributed by atoms with E-state index in [0.29, 0.717) is 18.9 Å². The van der Waals surface area contributed by atoms with Crippen molar-refractivity contribution >= 4 is 5.97 Å². The molecular weight excluding hydrogens is 290 g/mol. The van der Waals surface area contributed by atoms with Crippen LogP contribution in [0.5, 0.6) is 5.75 Å². The third-order valence-electron chi connectivity index (χ3n) is 3.94. The largest absolute Gasteiger partial charge is 0.478 e.